The minimum atomic E-state index is -3.67. The quantitative estimate of drug-likeness (QED) is 0.629. The maximum absolute atomic E-state index is 11.6. The molecule has 0 spiro atoms. The predicted octanol–water partition coefficient (Wildman–Crippen LogP) is -0.583. The van der Waals surface area contributed by atoms with Gasteiger partial charge >= 0.3 is 5.97 Å². The topological polar surface area (TPSA) is 97.8 Å². The number of carbonyl (C=O) groups excluding carboxylic acids is 3. The first-order valence-electron chi connectivity index (χ1n) is 5.03. The number of hydrogen-bond acceptors (Lipinski definition) is 6. The molecule has 17 heavy (non-hydrogen) atoms. The lowest BCUT2D eigenvalue weighted by Gasteiger charge is -2.12. The van der Waals surface area contributed by atoms with Crippen molar-refractivity contribution in [2.75, 3.05) is 6.26 Å². The Labute approximate surface area is 98.6 Å². The monoisotopic (exact) mass is 263 g/mol. The van der Waals surface area contributed by atoms with Crippen molar-refractivity contribution in [2.45, 2.75) is 31.4 Å². The van der Waals surface area contributed by atoms with Crippen LogP contribution in [0.2, 0.25) is 0 Å². The molecule has 1 rings (SSSR count). The van der Waals surface area contributed by atoms with Crippen LogP contribution in [0.3, 0.4) is 0 Å². The molecule has 1 saturated heterocycles. The number of hydroxylamine groups is 2. The fourth-order valence-electron chi connectivity index (χ4n) is 1.36. The molecule has 1 fully saturated rings. The van der Waals surface area contributed by atoms with Gasteiger partial charge in [0.15, 0.2) is 15.1 Å². The Bertz CT molecular complexity index is 454. The van der Waals surface area contributed by atoms with Crippen molar-refractivity contribution >= 4 is 27.6 Å². The van der Waals surface area contributed by atoms with E-state index < -0.39 is 39.3 Å². The smallest absolute Gasteiger partial charge is 0.330 e. The number of amides is 2. The van der Waals surface area contributed by atoms with Gasteiger partial charge in [-0.25, -0.2) is 13.2 Å². The third-order valence-corrected chi connectivity index (χ3v) is 3.63. The second-order valence-electron chi connectivity index (χ2n) is 3.76. The molecule has 0 aromatic carbocycles. The van der Waals surface area contributed by atoms with Crippen LogP contribution in [0.4, 0.5) is 0 Å². The Morgan fingerprint density at radius 2 is 2.06 bits per heavy atom. The molecule has 0 saturated carbocycles. The second-order valence-corrected chi connectivity index (χ2v) is 5.99. The summed E-state index contributed by atoms with van der Waals surface area (Å²) in [5, 5.41) is -1.19. The molecule has 8 heteroatoms. The highest BCUT2D eigenvalue weighted by molar-refractivity contribution is 7.92. The second kappa shape index (κ2) is 4.82. The summed E-state index contributed by atoms with van der Waals surface area (Å²) in [4.78, 5) is 38.6. The molecule has 1 aliphatic rings. The minimum Gasteiger partial charge on any atom is -0.330 e. The van der Waals surface area contributed by atoms with E-state index in [4.69, 9.17) is 0 Å². The number of carbonyl (C=O) groups is 3. The molecule has 0 aromatic rings. The van der Waals surface area contributed by atoms with Gasteiger partial charge in [0.05, 0.1) is 6.42 Å². The summed E-state index contributed by atoms with van der Waals surface area (Å²) in [6.07, 6.45) is 0.947. The Balaban J connectivity index is 2.80. The molecule has 0 aliphatic carbocycles. The number of nitrogens with zero attached hydrogens (tertiary/aromatic N) is 1. The maximum Gasteiger partial charge on any atom is 0.333 e. The zero-order valence-electron chi connectivity index (χ0n) is 9.50. The molecule has 0 bridgehead atoms. The predicted molar refractivity (Wildman–Crippen MR) is 56.1 cm³/mol. The number of sulfone groups is 1. The van der Waals surface area contributed by atoms with Crippen molar-refractivity contribution in [3.63, 3.8) is 0 Å². The molecule has 2 amide bonds. The molecule has 0 N–H and O–H groups in total. The lowest BCUT2D eigenvalue weighted by atomic mass is 10.3. The highest BCUT2D eigenvalue weighted by atomic mass is 32.2. The van der Waals surface area contributed by atoms with Gasteiger partial charge in [0, 0.05) is 12.7 Å². The van der Waals surface area contributed by atoms with Gasteiger partial charge in [0.2, 0.25) is 0 Å². The van der Waals surface area contributed by atoms with Crippen LogP contribution in [-0.4, -0.2) is 42.8 Å². The van der Waals surface area contributed by atoms with E-state index in [1.807, 2.05) is 0 Å². The van der Waals surface area contributed by atoms with Gasteiger partial charge in [-0.3, -0.25) is 9.59 Å². The molecule has 96 valence electrons. The van der Waals surface area contributed by atoms with E-state index in [0.29, 0.717) is 6.42 Å². The van der Waals surface area contributed by atoms with Gasteiger partial charge in [-0.15, -0.1) is 5.06 Å². The summed E-state index contributed by atoms with van der Waals surface area (Å²) >= 11 is 0. The highest BCUT2D eigenvalue weighted by Gasteiger charge is 2.46. The molecule has 1 heterocycles. The van der Waals surface area contributed by atoms with Crippen molar-refractivity contribution in [2.24, 2.45) is 0 Å². The van der Waals surface area contributed by atoms with E-state index >= 15 is 0 Å². The van der Waals surface area contributed by atoms with E-state index in [2.05, 4.69) is 4.84 Å². The largest absolute Gasteiger partial charge is 0.333 e. The molecule has 1 aliphatic heterocycles. The molecular formula is C9H13NO6S. The van der Waals surface area contributed by atoms with Gasteiger partial charge in [-0.05, 0) is 6.42 Å². The third-order valence-electron chi connectivity index (χ3n) is 2.23. The number of hydrogen-bond donors (Lipinski definition) is 0. The zero-order valence-corrected chi connectivity index (χ0v) is 10.3. The highest BCUT2D eigenvalue weighted by Crippen LogP contribution is 2.20. The van der Waals surface area contributed by atoms with E-state index in [-0.39, 0.29) is 11.5 Å². The molecule has 0 radical (unpaired) electrons. The maximum atomic E-state index is 11.6. The van der Waals surface area contributed by atoms with E-state index in [1.54, 1.807) is 6.92 Å². The lowest BCUT2D eigenvalue weighted by molar-refractivity contribution is -0.197. The standard InChI is InChI=1S/C9H13NO6S/c1-3-4-8(12)16-10-7(11)5-6(9(10)13)17(2,14)15/h6H,3-5H2,1-2H3. The Hall–Kier alpha value is -1.44. The van der Waals surface area contributed by atoms with Crippen molar-refractivity contribution in [3.8, 4) is 0 Å². The van der Waals surface area contributed by atoms with Crippen LogP contribution in [0.25, 0.3) is 0 Å². The van der Waals surface area contributed by atoms with Crippen LogP contribution in [-0.2, 0) is 29.1 Å². The summed E-state index contributed by atoms with van der Waals surface area (Å²) in [5.74, 6) is -2.54. The first-order valence-corrected chi connectivity index (χ1v) is 6.99. The van der Waals surface area contributed by atoms with Gasteiger partial charge in [-0.1, -0.05) is 6.92 Å². The third kappa shape index (κ3) is 3.02. The van der Waals surface area contributed by atoms with Crippen molar-refractivity contribution in [1.29, 1.82) is 0 Å². The van der Waals surface area contributed by atoms with Crippen LogP contribution in [0.5, 0.6) is 0 Å². The minimum absolute atomic E-state index is 0.0562. The van der Waals surface area contributed by atoms with Crippen LogP contribution in [0, 0.1) is 0 Å². The Morgan fingerprint density at radius 1 is 1.47 bits per heavy atom. The molecular weight excluding hydrogens is 250 g/mol. The first kappa shape index (κ1) is 13.6. The lowest BCUT2D eigenvalue weighted by Crippen LogP contribution is -2.36. The molecule has 1 atom stereocenters. The summed E-state index contributed by atoms with van der Waals surface area (Å²) in [7, 11) is -3.67. The zero-order chi connectivity index (χ0) is 13.2. The number of imide groups is 1. The molecule has 1 unspecified atom stereocenters. The van der Waals surface area contributed by atoms with Crippen molar-refractivity contribution < 1.29 is 27.6 Å². The molecule has 0 aromatic heterocycles. The van der Waals surface area contributed by atoms with Crippen LogP contribution >= 0.6 is 0 Å². The van der Waals surface area contributed by atoms with Crippen LogP contribution in [0.15, 0.2) is 0 Å². The Kier molecular flexibility index (Phi) is 3.87. The fraction of sp³-hybridized carbons (Fsp3) is 0.667. The molecule has 7 nitrogen and oxygen atoms in total. The SMILES string of the molecule is CCCC(=O)ON1C(=O)CC(S(C)(=O)=O)C1=O. The van der Waals surface area contributed by atoms with E-state index in [1.165, 1.54) is 0 Å². The average Bonchev–Trinajstić information content (AvgIpc) is 2.45. The van der Waals surface area contributed by atoms with Gasteiger partial charge in [0.1, 0.15) is 0 Å². The van der Waals surface area contributed by atoms with E-state index in [0.717, 1.165) is 6.26 Å². The summed E-state index contributed by atoms with van der Waals surface area (Å²) in [6.45, 7) is 1.73. The van der Waals surface area contributed by atoms with Gasteiger partial charge in [-0.2, -0.15) is 0 Å². The van der Waals surface area contributed by atoms with Gasteiger partial charge in [0.25, 0.3) is 11.8 Å². The van der Waals surface area contributed by atoms with Crippen LogP contribution in [0.1, 0.15) is 26.2 Å². The Morgan fingerprint density at radius 3 is 2.47 bits per heavy atom. The van der Waals surface area contributed by atoms with Crippen molar-refractivity contribution in [1.82, 2.24) is 5.06 Å². The summed E-state index contributed by atoms with van der Waals surface area (Å²) in [5.41, 5.74) is 0. The van der Waals surface area contributed by atoms with Crippen LogP contribution < -0.4 is 0 Å². The normalized spacial score (nSPS) is 20.8. The van der Waals surface area contributed by atoms with Crippen molar-refractivity contribution in [3.05, 3.63) is 0 Å². The summed E-state index contributed by atoms with van der Waals surface area (Å²) < 4.78 is 22.4. The van der Waals surface area contributed by atoms with Gasteiger partial charge < -0.3 is 4.84 Å². The van der Waals surface area contributed by atoms with E-state index in [9.17, 15) is 22.8 Å². The summed E-state index contributed by atoms with van der Waals surface area (Å²) in [6, 6.07) is 0. The first-order chi connectivity index (χ1) is 7.77. The fourth-order valence-corrected chi connectivity index (χ4v) is 2.27. The average molecular weight is 263 g/mol. The number of rotatable bonds is 4.